The van der Waals surface area contributed by atoms with E-state index in [0.717, 1.165) is 31.9 Å². The SMILES string of the molecule is COc1cccc(CN(C)CCNCC(C)C)c1. The summed E-state index contributed by atoms with van der Waals surface area (Å²) in [6.45, 7) is 8.61. The molecule has 0 atom stereocenters. The molecule has 1 rings (SSSR count). The highest BCUT2D eigenvalue weighted by atomic mass is 16.5. The Labute approximate surface area is 111 Å². The minimum absolute atomic E-state index is 0.716. The Hall–Kier alpha value is -1.06. The maximum atomic E-state index is 5.23. The largest absolute Gasteiger partial charge is 0.497 e. The number of ether oxygens (including phenoxy) is 1. The summed E-state index contributed by atoms with van der Waals surface area (Å²) in [5, 5.41) is 3.46. The summed E-state index contributed by atoms with van der Waals surface area (Å²) in [4.78, 5) is 2.32. The predicted octanol–water partition coefficient (Wildman–Crippen LogP) is 2.37. The highest BCUT2D eigenvalue weighted by Gasteiger charge is 2.01. The average Bonchev–Trinajstić information content (AvgIpc) is 2.34. The third-order valence-electron chi connectivity index (χ3n) is 2.81. The fourth-order valence-corrected chi connectivity index (χ4v) is 1.82. The van der Waals surface area contributed by atoms with Gasteiger partial charge in [0.05, 0.1) is 7.11 Å². The molecule has 0 radical (unpaired) electrons. The van der Waals surface area contributed by atoms with E-state index in [2.05, 4.69) is 43.2 Å². The van der Waals surface area contributed by atoms with Gasteiger partial charge in [-0.2, -0.15) is 0 Å². The second-order valence-corrected chi connectivity index (χ2v) is 5.19. The van der Waals surface area contributed by atoms with Crippen LogP contribution in [0.5, 0.6) is 5.75 Å². The van der Waals surface area contributed by atoms with Crippen LogP contribution in [-0.2, 0) is 6.54 Å². The number of likely N-dealkylation sites (N-methyl/N-ethyl adjacent to an activating group) is 1. The van der Waals surface area contributed by atoms with Crippen molar-refractivity contribution < 1.29 is 4.74 Å². The van der Waals surface area contributed by atoms with Crippen molar-refractivity contribution in [2.75, 3.05) is 33.8 Å². The lowest BCUT2D eigenvalue weighted by atomic mass is 10.2. The van der Waals surface area contributed by atoms with E-state index >= 15 is 0 Å². The number of benzene rings is 1. The lowest BCUT2D eigenvalue weighted by Crippen LogP contribution is -2.30. The van der Waals surface area contributed by atoms with Crippen molar-refractivity contribution in [3.8, 4) is 5.75 Å². The number of methoxy groups -OCH3 is 1. The van der Waals surface area contributed by atoms with Crippen LogP contribution in [0, 0.1) is 5.92 Å². The van der Waals surface area contributed by atoms with Gasteiger partial charge >= 0.3 is 0 Å². The third-order valence-corrected chi connectivity index (χ3v) is 2.81. The van der Waals surface area contributed by atoms with Crippen LogP contribution in [0.4, 0.5) is 0 Å². The third kappa shape index (κ3) is 6.03. The van der Waals surface area contributed by atoms with E-state index in [1.165, 1.54) is 5.56 Å². The molecule has 0 bridgehead atoms. The fourth-order valence-electron chi connectivity index (χ4n) is 1.82. The van der Waals surface area contributed by atoms with Crippen molar-refractivity contribution in [3.05, 3.63) is 29.8 Å². The minimum atomic E-state index is 0.716. The zero-order chi connectivity index (χ0) is 13.4. The molecule has 0 aromatic heterocycles. The minimum Gasteiger partial charge on any atom is -0.497 e. The standard InChI is InChI=1S/C15H26N2O/c1-13(2)11-16-8-9-17(3)12-14-6-5-7-15(10-14)18-4/h5-7,10,13,16H,8-9,11-12H2,1-4H3. The fraction of sp³-hybridized carbons (Fsp3) is 0.600. The molecule has 102 valence electrons. The molecule has 0 amide bonds. The average molecular weight is 250 g/mol. The molecule has 0 unspecified atom stereocenters. The highest BCUT2D eigenvalue weighted by Crippen LogP contribution is 2.13. The summed E-state index contributed by atoms with van der Waals surface area (Å²) in [5.74, 6) is 1.65. The van der Waals surface area contributed by atoms with Gasteiger partial charge in [-0.1, -0.05) is 26.0 Å². The monoisotopic (exact) mass is 250 g/mol. The van der Waals surface area contributed by atoms with Crippen molar-refractivity contribution in [3.63, 3.8) is 0 Å². The Morgan fingerprint density at radius 1 is 1.33 bits per heavy atom. The Kier molecular flexibility index (Phi) is 6.76. The number of hydrogen-bond donors (Lipinski definition) is 1. The molecule has 18 heavy (non-hydrogen) atoms. The first-order valence-corrected chi connectivity index (χ1v) is 6.64. The maximum Gasteiger partial charge on any atom is 0.119 e. The van der Waals surface area contributed by atoms with E-state index in [-0.39, 0.29) is 0 Å². The molecule has 1 aromatic rings. The van der Waals surface area contributed by atoms with Gasteiger partial charge in [-0.3, -0.25) is 0 Å². The topological polar surface area (TPSA) is 24.5 Å². The highest BCUT2D eigenvalue weighted by molar-refractivity contribution is 5.28. The Bertz CT molecular complexity index is 339. The Balaban J connectivity index is 2.28. The summed E-state index contributed by atoms with van der Waals surface area (Å²) in [5.41, 5.74) is 1.29. The van der Waals surface area contributed by atoms with E-state index in [1.54, 1.807) is 7.11 Å². The first-order valence-electron chi connectivity index (χ1n) is 6.64. The van der Waals surface area contributed by atoms with Crippen LogP contribution in [-0.4, -0.2) is 38.7 Å². The molecular weight excluding hydrogens is 224 g/mol. The Morgan fingerprint density at radius 2 is 2.11 bits per heavy atom. The molecule has 0 spiro atoms. The smallest absolute Gasteiger partial charge is 0.119 e. The summed E-state index contributed by atoms with van der Waals surface area (Å²) in [7, 11) is 3.86. The van der Waals surface area contributed by atoms with Crippen LogP contribution in [0.25, 0.3) is 0 Å². The van der Waals surface area contributed by atoms with Crippen molar-refractivity contribution in [1.29, 1.82) is 0 Å². The number of hydrogen-bond acceptors (Lipinski definition) is 3. The van der Waals surface area contributed by atoms with Gasteiger partial charge in [-0.25, -0.2) is 0 Å². The van der Waals surface area contributed by atoms with Gasteiger partial charge in [-0.15, -0.1) is 0 Å². The first-order chi connectivity index (χ1) is 8.61. The molecule has 0 fully saturated rings. The van der Waals surface area contributed by atoms with Crippen molar-refractivity contribution >= 4 is 0 Å². The second-order valence-electron chi connectivity index (χ2n) is 5.19. The number of rotatable bonds is 8. The van der Waals surface area contributed by atoms with Gasteiger partial charge in [0.2, 0.25) is 0 Å². The normalized spacial score (nSPS) is 11.2. The van der Waals surface area contributed by atoms with Gasteiger partial charge in [-0.05, 0) is 37.2 Å². The quantitative estimate of drug-likeness (QED) is 0.717. The molecule has 3 heteroatoms. The van der Waals surface area contributed by atoms with Crippen molar-refractivity contribution in [2.24, 2.45) is 5.92 Å². The Morgan fingerprint density at radius 3 is 2.78 bits per heavy atom. The molecule has 0 aliphatic heterocycles. The van der Waals surface area contributed by atoms with E-state index in [0.29, 0.717) is 5.92 Å². The maximum absolute atomic E-state index is 5.23. The number of nitrogens with one attached hydrogen (secondary N) is 1. The van der Waals surface area contributed by atoms with Crippen LogP contribution in [0.1, 0.15) is 19.4 Å². The second kappa shape index (κ2) is 8.11. The summed E-state index contributed by atoms with van der Waals surface area (Å²) >= 11 is 0. The van der Waals surface area contributed by atoms with Gasteiger partial charge in [0.1, 0.15) is 5.75 Å². The number of nitrogens with zero attached hydrogens (tertiary/aromatic N) is 1. The lowest BCUT2D eigenvalue weighted by molar-refractivity contribution is 0.321. The van der Waals surface area contributed by atoms with Crippen LogP contribution in [0.2, 0.25) is 0 Å². The van der Waals surface area contributed by atoms with Gasteiger partial charge in [0, 0.05) is 19.6 Å². The van der Waals surface area contributed by atoms with Crippen molar-refractivity contribution in [2.45, 2.75) is 20.4 Å². The molecule has 0 saturated carbocycles. The summed E-state index contributed by atoms with van der Waals surface area (Å²) in [6, 6.07) is 8.26. The predicted molar refractivity (Wildman–Crippen MR) is 77.0 cm³/mol. The molecule has 0 saturated heterocycles. The van der Waals surface area contributed by atoms with E-state index in [1.807, 2.05) is 12.1 Å². The molecular formula is C15H26N2O. The van der Waals surface area contributed by atoms with Crippen LogP contribution in [0.3, 0.4) is 0 Å². The van der Waals surface area contributed by atoms with E-state index < -0.39 is 0 Å². The first kappa shape index (κ1) is 15.0. The molecule has 0 aliphatic carbocycles. The van der Waals surface area contributed by atoms with Crippen LogP contribution >= 0.6 is 0 Å². The van der Waals surface area contributed by atoms with Gasteiger partial charge in [0.15, 0.2) is 0 Å². The van der Waals surface area contributed by atoms with Crippen molar-refractivity contribution in [1.82, 2.24) is 10.2 Å². The zero-order valence-electron chi connectivity index (χ0n) is 12.1. The molecule has 1 N–H and O–H groups in total. The van der Waals surface area contributed by atoms with Crippen LogP contribution in [0.15, 0.2) is 24.3 Å². The molecule has 3 nitrogen and oxygen atoms in total. The molecule has 1 aromatic carbocycles. The van der Waals surface area contributed by atoms with E-state index in [9.17, 15) is 0 Å². The summed E-state index contributed by atoms with van der Waals surface area (Å²) < 4.78 is 5.23. The summed E-state index contributed by atoms with van der Waals surface area (Å²) in [6.07, 6.45) is 0. The molecule has 0 heterocycles. The van der Waals surface area contributed by atoms with Gasteiger partial charge in [0.25, 0.3) is 0 Å². The molecule has 0 aliphatic rings. The zero-order valence-corrected chi connectivity index (χ0v) is 12.1. The van der Waals surface area contributed by atoms with Crippen LogP contribution < -0.4 is 10.1 Å². The lowest BCUT2D eigenvalue weighted by Gasteiger charge is -2.18. The van der Waals surface area contributed by atoms with E-state index in [4.69, 9.17) is 4.74 Å². The van der Waals surface area contributed by atoms with Gasteiger partial charge < -0.3 is 15.0 Å².